The highest BCUT2D eigenvalue weighted by atomic mass is 16.3. The molecule has 12 heavy (non-hydrogen) atoms. The van der Waals surface area contributed by atoms with Gasteiger partial charge in [0.15, 0.2) is 0 Å². The van der Waals surface area contributed by atoms with Crippen LogP contribution in [0.2, 0.25) is 0 Å². The lowest BCUT2D eigenvalue weighted by Gasteiger charge is -2.30. The fraction of sp³-hybridized carbons (Fsp3) is 0.889. The summed E-state index contributed by atoms with van der Waals surface area (Å²) in [6, 6.07) is 0. The average molecular weight is 174 g/mol. The van der Waals surface area contributed by atoms with Crippen LogP contribution in [-0.4, -0.2) is 28.0 Å². The van der Waals surface area contributed by atoms with Gasteiger partial charge in [-0.3, -0.25) is 0 Å². The number of aliphatic hydroxyl groups is 2. The second-order valence-corrected chi connectivity index (χ2v) is 3.72. The Morgan fingerprint density at radius 1 is 1.25 bits per heavy atom. The molecular formula is C9H20NO2. The van der Waals surface area contributed by atoms with E-state index in [9.17, 15) is 0 Å². The molecule has 0 aliphatic carbocycles. The first-order valence-electron chi connectivity index (χ1n) is 4.34. The normalized spacial score (nSPS) is 21.5. The second kappa shape index (κ2) is 4.80. The molecule has 0 rings (SSSR count). The van der Waals surface area contributed by atoms with Crippen LogP contribution in [-0.2, 0) is 0 Å². The SMILES string of the molecule is [CH2]CC(N)(CC(C)O)CC(C)O. The summed E-state index contributed by atoms with van der Waals surface area (Å²) in [5.41, 5.74) is 5.39. The van der Waals surface area contributed by atoms with Gasteiger partial charge in [0.2, 0.25) is 0 Å². The summed E-state index contributed by atoms with van der Waals surface area (Å²) >= 11 is 0. The fourth-order valence-corrected chi connectivity index (χ4v) is 1.46. The average Bonchev–Trinajstić information content (AvgIpc) is 1.83. The van der Waals surface area contributed by atoms with Gasteiger partial charge >= 0.3 is 0 Å². The quantitative estimate of drug-likeness (QED) is 0.567. The highest BCUT2D eigenvalue weighted by molar-refractivity contribution is 4.88. The summed E-state index contributed by atoms with van der Waals surface area (Å²) in [5.74, 6) is 0. The molecule has 0 amide bonds. The Kier molecular flexibility index (Phi) is 4.75. The van der Waals surface area contributed by atoms with Gasteiger partial charge in [0.1, 0.15) is 0 Å². The van der Waals surface area contributed by atoms with Crippen LogP contribution >= 0.6 is 0 Å². The highest BCUT2D eigenvalue weighted by Gasteiger charge is 2.26. The number of aliphatic hydroxyl groups excluding tert-OH is 2. The first-order chi connectivity index (χ1) is 5.39. The van der Waals surface area contributed by atoms with Crippen molar-refractivity contribution < 1.29 is 10.2 Å². The first kappa shape index (κ1) is 11.9. The largest absolute Gasteiger partial charge is 0.393 e. The van der Waals surface area contributed by atoms with Crippen molar-refractivity contribution in [2.24, 2.45) is 5.73 Å². The highest BCUT2D eigenvalue weighted by Crippen LogP contribution is 2.20. The Morgan fingerprint density at radius 3 is 1.75 bits per heavy atom. The minimum Gasteiger partial charge on any atom is -0.393 e. The summed E-state index contributed by atoms with van der Waals surface area (Å²) in [4.78, 5) is 0. The first-order valence-corrected chi connectivity index (χ1v) is 4.34. The zero-order valence-electron chi connectivity index (χ0n) is 7.95. The van der Waals surface area contributed by atoms with Gasteiger partial charge in [-0.2, -0.15) is 0 Å². The molecule has 0 fully saturated rings. The molecule has 0 saturated heterocycles. The lowest BCUT2D eigenvalue weighted by Crippen LogP contribution is -2.44. The minimum atomic E-state index is -0.525. The van der Waals surface area contributed by atoms with Crippen LogP contribution < -0.4 is 5.73 Å². The maximum Gasteiger partial charge on any atom is 0.0529 e. The maximum atomic E-state index is 9.14. The van der Waals surface area contributed by atoms with Gasteiger partial charge in [-0.15, -0.1) is 0 Å². The van der Waals surface area contributed by atoms with E-state index >= 15 is 0 Å². The summed E-state index contributed by atoms with van der Waals surface area (Å²) in [6.45, 7) is 7.10. The van der Waals surface area contributed by atoms with Crippen LogP contribution in [0.15, 0.2) is 0 Å². The van der Waals surface area contributed by atoms with Gasteiger partial charge in [-0.1, -0.05) is 6.92 Å². The lowest BCUT2D eigenvalue weighted by atomic mass is 9.85. The van der Waals surface area contributed by atoms with E-state index in [4.69, 9.17) is 15.9 Å². The van der Waals surface area contributed by atoms with Crippen LogP contribution in [0.5, 0.6) is 0 Å². The van der Waals surface area contributed by atoms with E-state index < -0.39 is 17.7 Å². The van der Waals surface area contributed by atoms with Crippen molar-refractivity contribution in [3.05, 3.63) is 6.92 Å². The van der Waals surface area contributed by atoms with Gasteiger partial charge in [0, 0.05) is 5.54 Å². The molecule has 3 heteroatoms. The van der Waals surface area contributed by atoms with Crippen molar-refractivity contribution in [1.82, 2.24) is 0 Å². The third kappa shape index (κ3) is 4.70. The number of nitrogens with two attached hydrogens (primary N) is 1. The Balaban J connectivity index is 4.04. The minimum absolute atomic E-state index is 0.435. The van der Waals surface area contributed by atoms with E-state index in [1.54, 1.807) is 13.8 Å². The molecule has 0 aliphatic rings. The van der Waals surface area contributed by atoms with Crippen molar-refractivity contribution in [2.45, 2.75) is 50.9 Å². The topological polar surface area (TPSA) is 66.5 Å². The van der Waals surface area contributed by atoms with Crippen molar-refractivity contribution in [2.75, 3.05) is 0 Å². The molecule has 0 aromatic rings. The molecule has 73 valence electrons. The van der Waals surface area contributed by atoms with Gasteiger partial charge < -0.3 is 15.9 Å². The smallest absolute Gasteiger partial charge is 0.0529 e. The molecule has 2 atom stereocenters. The van der Waals surface area contributed by atoms with E-state index in [1.165, 1.54) is 0 Å². The molecule has 4 N–H and O–H groups in total. The Labute approximate surface area is 74.6 Å². The van der Waals surface area contributed by atoms with E-state index in [0.29, 0.717) is 19.3 Å². The van der Waals surface area contributed by atoms with Crippen molar-refractivity contribution in [1.29, 1.82) is 0 Å². The van der Waals surface area contributed by atoms with E-state index in [0.717, 1.165) is 0 Å². The summed E-state index contributed by atoms with van der Waals surface area (Å²) < 4.78 is 0. The van der Waals surface area contributed by atoms with E-state index in [-0.39, 0.29) is 0 Å². The summed E-state index contributed by atoms with van der Waals surface area (Å²) in [7, 11) is 0. The molecule has 0 aromatic carbocycles. The standard InChI is InChI=1S/C9H20NO2/c1-4-9(10,5-7(2)11)6-8(3)12/h7-8,11-12H,1,4-6,10H2,2-3H3. The van der Waals surface area contributed by atoms with Crippen molar-refractivity contribution in [3.63, 3.8) is 0 Å². The van der Waals surface area contributed by atoms with Crippen molar-refractivity contribution >= 4 is 0 Å². The predicted octanol–water partition coefficient (Wildman–Crippen LogP) is 0.450. The lowest BCUT2D eigenvalue weighted by molar-refractivity contribution is 0.105. The van der Waals surface area contributed by atoms with Crippen molar-refractivity contribution in [3.8, 4) is 0 Å². The monoisotopic (exact) mass is 174 g/mol. The van der Waals surface area contributed by atoms with Gasteiger partial charge in [-0.05, 0) is 33.1 Å². The zero-order chi connectivity index (χ0) is 9.78. The Bertz CT molecular complexity index is 114. The molecule has 1 radical (unpaired) electrons. The van der Waals surface area contributed by atoms with Gasteiger partial charge in [-0.25, -0.2) is 0 Å². The molecule has 0 aromatic heterocycles. The third-order valence-electron chi connectivity index (χ3n) is 1.90. The maximum absolute atomic E-state index is 9.14. The molecule has 0 saturated carbocycles. The number of hydrogen-bond acceptors (Lipinski definition) is 3. The summed E-state index contributed by atoms with van der Waals surface area (Å²) in [6.07, 6.45) is 0.636. The number of hydrogen-bond donors (Lipinski definition) is 3. The van der Waals surface area contributed by atoms with E-state index in [1.807, 2.05) is 0 Å². The molecular weight excluding hydrogens is 154 g/mol. The third-order valence-corrected chi connectivity index (χ3v) is 1.90. The fourth-order valence-electron chi connectivity index (χ4n) is 1.46. The van der Waals surface area contributed by atoms with Crippen LogP contribution in [0.3, 0.4) is 0 Å². The second-order valence-electron chi connectivity index (χ2n) is 3.72. The zero-order valence-corrected chi connectivity index (χ0v) is 7.95. The van der Waals surface area contributed by atoms with Crippen LogP contribution in [0.4, 0.5) is 0 Å². The Morgan fingerprint density at radius 2 is 1.58 bits per heavy atom. The molecule has 2 unspecified atom stereocenters. The number of rotatable bonds is 5. The molecule has 3 nitrogen and oxygen atoms in total. The molecule has 0 bridgehead atoms. The molecule has 0 aliphatic heterocycles. The van der Waals surface area contributed by atoms with E-state index in [2.05, 4.69) is 6.92 Å². The van der Waals surface area contributed by atoms with Gasteiger partial charge in [0.25, 0.3) is 0 Å². The molecule has 0 spiro atoms. The van der Waals surface area contributed by atoms with Crippen LogP contribution in [0, 0.1) is 6.92 Å². The Hall–Kier alpha value is -0.120. The molecule has 0 heterocycles. The van der Waals surface area contributed by atoms with Crippen LogP contribution in [0.25, 0.3) is 0 Å². The summed E-state index contributed by atoms with van der Waals surface area (Å²) in [5, 5.41) is 18.3. The predicted molar refractivity (Wildman–Crippen MR) is 49.5 cm³/mol. The van der Waals surface area contributed by atoms with Crippen LogP contribution in [0.1, 0.15) is 33.1 Å². The van der Waals surface area contributed by atoms with Gasteiger partial charge in [0.05, 0.1) is 12.2 Å².